The van der Waals surface area contributed by atoms with Gasteiger partial charge >= 0.3 is 0 Å². The molecule has 0 bridgehead atoms. The average molecular weight is 422 g/mol. The van der Waals surface area contributed by atoms with Crippen molar-refractivity contribution in [1.82, 2.24) is 15.1 Å². The molecule has 0 unspecified atom stereocenters. The lowest BCUT2D eigenvalue weighted by molar-refractivity contribution is -0.132. The molecule has 0 saturated carbocycles. The molecule has 2 saturated heterocycles. The zero-order chi connectivity index (χ0) is 21.6. The largest absolute Gasteiger partial charge is 0.355 e. The molecule has 7 nitrogen and oxygen atoms in total. The summed E-state index contributed by atoms with van der Waals surface area (Å²) < 4.78 is 0. The topological polar surface area (TPSA) is 78.4 Å². The molecule has 0 atom stereocenters. The molecule has 2 fully saturated rings. The fraction of sp³-hybridized carbons (Fsp3) is 0.500. The van der Waals surface area contributed by atoms with E-state index >= 15 is 0 Å². The van der Waals surface area contributed by atoms with Crippen molar-refractivity contribution in [3.8, 4) is 11.3 Å². The van der Waals surface area contributed by atoms with E-state index in [1.165, 1.54) is 25.7 Å². The highest BCUT2D eigenvalue weighted by atomic mass is 16.2. The van der Waals surface area contributed by atoms with Crippen molar-refractivity contribution in [2.75, 3.05) is 36.4 Å². The molecule has 2 aromatic rings. The first kappa shape index (κ1) is 21.3. The van der Waals surface area contributed by atoms with Gasteiger partial charge in [0.1, 0.15) is 0 Å². The van der Waals surface area contributed by atoms with Gasteiger partial charge in [0.2, 0.25) is 11.8 Å². The molecule has 0 spiro atoms. The minimum Gasteiger partial charge on any atom is -0.355 e. The molecule has 7 heteroatoms. The summed E-state index contributed by atoms with van der Waals surface area (Å²) in [7, 11) is 0. The number of hydrogen-bond donors (Lipinski definition) is 1. The lowest BCUT2D eigenvalue weighted by Crippen LogP contribution is -2.40. The van der Waals surface area contributed by atoms with Crippen LogP contribution < -0.4 is 10.2 Å². The monoisotopic (exact) mass is 421 g/mol. The van der Waals surface area contributed by atoms with Crippen molar-refractivity contribution >= 4 is 23.3 Å². The van der Waals surface area contributed by atoms with Crippen molar-refractivity contribution in [2.24, 2.45) is 5.92 Å². The van der Waals surface area contributed by atoms with Gasteiger partial charge in [-0.15, -0.1) is 10.2 Å². The lowest BCUT2D eigenvalue weighted by Gasteiger charge is -2.30. The maximum atomic E-state index is 12.6. The summed E-state index contributed by atoms with van der Waals surface area (Å²) >= 11 is 0. The molecule has 0 aliphatic carbocycles. The van der Waals surface area contributed by atoms with Crippen LogP contribution in [0.2, 0.25) is 0 Å². The van der Waals surface area contributed by atoms with Gasteiger partial charge in [-0.3, -0.25) is 9.59 Å². The van der Waals surface area contributed by atoms with E-state index in [4.69, 9.17) is 0 Å². The Morgan fingerprint density at radius 2 is 1.55 bits per heavy atom. The number of amides is 2. The van der Waals surface area contributed by atoms with Crippen LogP contribution in [-0.4, -0.2) is 53.1 Å². The normalized spacial score (nSPS) is 17.8. The third-order valence-electron chi connectivity index (χ3n) is 6.34. The summed E-state index contributed by atoms with van der Waals surface area (Å²) in [5.74, 6) is 1.01. The van der Waals surface area contributed by atoms with Gasteiger partial charge in [-0.1, -0.05) is 25.0 Å². The fourth-order valence-corrected chi connectivity index (χ4v) is 4.37. The Morgan fingerprint density at radius 1 is 0.871 bits per heavy atom. The van der Waals surface area contributed by atoms with Crippen LogP contribution in [0, 0.1) is 5.92 Å². The van der Waals surface area contributed by atoms with Gasteiger partial charge in [0, 0.05) is 50.3 Å². The lowest BCUT2D eigenvalue weighted by atomic mass is 9.95. The molecule has 1 aromatic heterocycles. The number of nitrogens with one attached hydrogen (secondary N) is 1. The van der Waals surface area contributed by atoms with E-state index in [1.54, 1.807) is 11.8 Å². The average Bonchev–Trinajstić information content (AvgIpc) is 3.09. The van der Waals surface area contributed by atoms with Crippen molar-refractivity contribution in [3.05, 3.63) is 36.4 Å². The third kappa shape index (κ3) is 5.40. The van der Waals surface area contributed by atoms with E-state index in [9.17, 15) is 9.59 Å². The highest BCUT2D eigenvalue weighted by molar-refractivity contribution is 5.93. The summed E-state index contributed by atoms with van der Waals surface area (Å²) in [6, 6.07) is 11.8. The first-order valence-electron chi connectivity index (χ1n) is 11.4. The fourth-order valence-electron chi connectivity index (χ4n) is 4.37. The van der Waals surface area contributed by atoms with Crippen LogP contribution in [0.15, 0.2) is 36.4 Å². The number of nitrogens with zero attached hydrogens (tertiary/aromatic N) is 4. The first-order chi connectivity index (χ1) is 15.1. The van der Waals surface area contributed by atoms with Gasteiger partial charge in [0.05, 0.1) is 5.69 Å². The van der Waals surface area contributed by atoms with Crippen molar-refractivity contribution in [3.63, 3.8) is 0 Å². The third-order valence-corrected chi connectivity index (χ3v) is 6.34. The highest BCUT2D eigenvalue weighted by Crippen LogP contribution is 2.24. The number of hydrogen-bond acceptors (Lipinski definition) is 5. The molecule has 4 rings (SSSR count). The van der Waals surface area contributed by atoms with E-state index in [0.717, 1.165) is 35.9 Å². The molecule has 3 heterocycles. The maximum Gasteiger partial charge on any atom is 0.227 e. The van der Waals surface area contributed by atoms with Crippen LogP contribution in [0.25, 0.3) is 11.3 Å². The Labute approximate surface area is 183 Å². The summed E-state index contributed by atoms with van der Waals surface area (Å²) in [5, 5.41) is 11.9. The molecular formula is C24H31N5O2. The van der Waals surface area contributed by atoms with Crippen LogP contribution in [0.3, 0.4) is 0 Å². The van der Waals surface area contributed by atoms with Gasteiger partial charge in [-0.25, -0.2) is 0 Å². The van der Waals surface area contributed by atoms with Crippen molar-refractivity contribution < 1.29 is 9.59 Å². The van der Waals surface area contributed by atoms with Gasteiger partial charge in [-0.05, 0) is 49.9 Å². The van der Waals surface area contributed by atoms with Crippen molar-refractivity contribution in [1.29, 1.82) is 0 Å². The van der Waals surface area contributed by atoms with Gasteiger partial charge in [-0.2, -0.15) is 0 Å². The minimum absolute atomic E-state index is 0.0255. The van der Waals surface area contributed by atoms with Crippen molar-refractivity contribution in [2.45, 2.75) is 45.4 Å². The Hall–Kier alpha value is -2.96. The van der Waals surface area contributed by atoms with Crippen LogP contribution in [-0.2, 0) is 9.59 Å². The van der Waals surface area contributed by atoms with Crippen LogP contribution in [0.5, 0.6) is 0 Å². The predicted octanol–water partition coefficient (Wildman–Crippen LogP) is 3.72. The van der Waals surface area contributed by atoms with E-state index in [-0.39, 0.29) is 17.7 Å². The zero-order valence-corrected chi connectivity index (χ0v) is 18.2. The second-order valence-electron chi connectivity index (χ2n) is 8.52. The number of piperidine rings is 1. The molecule has 31 heavy (non-hydrogen) atoms. The molecular weight excluding hydrogens is 390 g/mol. The number of anilines is 2. The molecule has 2 aliphatic rings. The quantitative estimate of drug-likeness (QED) is 0.814. The maximum absolute atomic E-state index is 12.6. The molecule has 2 aliphatic heterocycles. The van der Waals surface area contributed by atoms with E-state index in [2.05, 4.69) is 26.5 Å². The Bertz CT molecular complexity index is 881. The number of aromatic nitrogens is 2. The first-order valence-corrected chi connectivity index (χ1v) is 11.4. The Morgan fingerprint density at radius 3 is 2.13 bits per heavy atom. The van der Waals surface area contributed by atoms with Crippen LogP contribution in [0.4, 0.5) is 11.5 Å². The molecule has 1 N–H and O–H groups in total. The molecule has 2 amide bonds. The summed E-state index contributed by atoms with van der Waals surface area (Å²) in [6.45, 7) is 4.98. The summed E-state index contributed by atoms with van der Waals surface area (Å²) in [5.41, 5.74) is 2.58. The molecule has 164 valence electrons. The predicted molar refractivity (Wildman–Crippen MR) is 122 cm³/mol. The van der Waals surface area contributed by atoms with Gasteiger partial charge in [0.15, 0.2) is 5.82 Å². The Balaban J connectivity index is 1.33. The summed E-state index contributed by atoms with van der Waals surface area (Å²) in [4.78, 5) is 28.1. The van der Waals surface area contributed by atoms with Gasteiger partial charge in [0.25, 0.3) is 0 Å². The van der Waals surface area contributed by atoms with Crippen LogP contribution in [0.1, 0.15) is 45.4 Å². The zero-order valence-electron chi connectivity index (χ0n) is 18.2. The second-order valence-corrected chi connectivity index (χ2v) is 8.52. The standard InChI is InChI=1S/C24H31N5O2/c1-18(30)28-16-12-20(13-17-28)24(31)25-21-8-6-19(7-9-21)22-10-11-23(27-26-22)29-14-4-2-3-5-15-29/h6-11,20H,2-5,12-17H2,1H3,(H,25,31). The Kier molecular flexibility index (Phi) is 6.79. The smallest absolute Gasteiger partial charge is 0.227 e. The number of likely N-dealkylation sites (tertiary alicyclic amines) is 1. The second kappa shape index (κ2) is 9.90. The van der Waals surface area contributed by atoms with E-state index in [0.29, 0.717) is 25.9 Å². The number of benzene rings is 1. The molecule has 0 radical (unpaired) electrons. The molecule has 1 aromatic carbocycles. The van der Waals surface area contributed by atoms with E-state index in [1.807, 2.05) is 30.3 Å². The number of carbonyl (C=O) groups excluding carboxylic acids is 2. The van der Waals surface area contributed by atoms with E-state index < -0.39 is 0 Å². The minimum atomic E-state index is -0.0484. The highest BCUT2D eigenvalue weighted by Gasteiger charge is 2.26. The van der Waals surface area contributed by atoms with Gasteiger partial charge < -0.3 is 15.1 Å². The SMILES string of the molecule is CC(=O)N1CCC(C(=O)Nc2ccc(-c3ccc(N4CCCCCC4)nn3)cc2)CC1. The van der Waals surface area contributed by atoms with Crippen LogP contribution >= 0.6 is 0 Å². The summed E-state index contributed by atoms with van der Waals surface area (Å²) in [6.07, 6.45) is 6.44. The number of carbonyl (C=O) groups is 2. The number of rotatable bonds is 4.